The second-order valence-electron chi connectivity index (χ2n) is 6.03. The zero-order valence-corrected chi connectivity index (χ0v) is 13.5. The number of nitrogens with one attached hydrogen (secondary N) is 1. The maximum absolute atomic E-state index is 11.8. The fourth-order valence-electron chi connectivity index (χ4n) is 2.73. The van der Waals surface area contributed by atoms with Crippen molar-refractivity contribution in [1.82, 2.24) is 10.2 Å². The molecular formula is C15H30N2O3. The van der Waals surface area contributed by atoms with E-state index in [-0.39, 0.29) is 18.1 Å². The standard InChI is InChI=1S/C15H30N2O3/c1-11(2)16-13(15(18)20-5)7-9-17-8-6-12(3)14(10-17)19-4/h11-14,16H,6-10H2,1-5H3. The Hall–Kier alpha value is -0.650. The summed E-state index contributed by atoms with van der Waals surface area (Å²) in [7, 11) is 3.23. The van der Waals surface area contributed by atoms with E-state index in [2.05, 4.69) is 17.1 Å². The molecule has 0 amide bonds. The van der Waals surface area contributed by atoms with Gasteiger partial charge in [-0.2, -0.15) is 0 Å². The van der Waals surface area contributed by atoms with Gasteiger partial charge in [0.1, 0.15) is 6.04 Å². The quantitative estimate of drug-likeness (QED) is 0.714. The molecule has 1 heterocycles. The van der Waals surface area contributed by atoms with Crippen molar-refractivity contribution >= 4 is 5.97 Å². The maximum atomic E-state index is 11.8. The van der Waals surface area contributed by atoms with Crippen molar-refractivity contribution in [1.29, 1.82) is 0 Å². The molecule has 0 aromatic heterocycles. The maximum Gasteiger partial charge on any atom is 0.322 e. The molecule has 5 nitrogen and oxygen atoms in total. The Balaban J connectivity index is 2.44. The van der Waals surface area contributed by atoms with Crippen LogP contribution in [0.25, 0.3) is 0 Å². The van der Waals surface area contributed by atoms with Crippen LogP contribution in [0.15, 0.2) is 0 Å². The summed E-state index contributed by atoms with van der Waals surface area (Å²) in [6.45, 7) is 9.25. The lowest BCUT2D eigenvalue weighted by atomic mass is 9.95. The van der Waals surface area contributed by atoms with Crippen molar-refractivity contribution in [2.24, 2.45) is 5.92 Å². The predicted molar refractivity (Wildman–Crippen MR) is 79.7 cm³/mol. The Labute approximate surface area is 123 Å². The smallest absolute Gasteiger partial charge is 0.322 e. The molecule has 5 heteroatoms. The Bertz CT molecular complexity index is 297. The summed E-state index contributed by atoms with van der Waals surface area (Å²) >= 11 is 0. The highest BCUT2D eigenvalue weighted by Crippen LogP contribution is 2.19. The average Bonchev–Trinajstić information content (AvgIpc) is 2.43. The van der Waals surface area contributed by atoms with Crippen LogP contribution in [-0.4, -0.2) is 62.9 Å². The number of ether oxygens (including phenoxy) is 2. The largest absolute Gasteiger partial charge is 0.468 e. The molecule has 1 aliphatic heterocycles. The molecule has 3 unspecified atom stereocenters. The van der Waals surface area contributed by atoms with Crippen molar-refractivity contribution in [2.75, 3.05) is 33.9 Å². The van der Waals surface area contributed by atoms with Crippen LogP contribution in [0.4, 0.5) is 0 Å². The van der Waals surface area contributed by atoms with Gasteiger partial charge in [-0.15, -0.1) is 0 Å². The van der Waals surface area contributed by atoms with Crippen LogP contribution in [0.5, 0.6) is 0 Å². The SMILES string of the molecule is COC(=O)C(CCN1CCC(C)C(OC)C1)NC(C)C. The van der Waals surface area contributed by atoms with Crippen molar-refractivity contribution in [3.8, 4) is 0 Å². The van der Waals surface area contributed by atoms with Crippen LogP contribution < -0.4 is 5.32 Å². The van der Waals surface area contributed by atoms with Crippen molar-refractivity contribution < 1.29 is 14.3 Å². The number of rotatable bonds is 7. The molecule has 0 radical (unpaired) electrons. The van der Waals surface area contributed by atoms with Gasteiger partial charge in [0.25, 0.3) is 0 Å². The monoisotopic (exact) mass is 286 g/mol. The number of piperidine rings is 1. The van der Waals surface area contributed by atoms with Gasteiger partial charge in [0.2, 0.25) is 0 Å². The first-order chi connectivity index (χ1) is 9.47. The van der Waals surface area contributed by atoms with E-state index in [0.29, 0.717) is 12.0 Å². The van der Waals surface area contributed by atoms with Gasteiger partial charge >= 0.3 is 5.97 Å². The average molecular weight is 286 g/mol. The lowest BCUT2D eigenvalue weighted by molar-refractivity contribution is -0.143. The summed E-state index contributed by atoms with van der Waals surface area (Å²) < 4.78 is 10.4. The fraction of sp³-hybridized carbons (Fsp3) is 0.933. The van der Waals surface area contributed by atoms with Gasteiger partial charge in [-0.25, -0.2) is 0 Å². The number of nitrogens with zero attached hydrogens (tertiary/aromatic N) is 1. The molecule has 1 saturated heterocycles. The van der Waals surface area contributed by atoms with Crippen molar-refractivity contribution in [2.45, 2.75) is 51.8 Å². The van der Waals surface area contributed by atoms with Gasteiger partial charge in [0, 0.05) is 26.2 Å². The highest BCUT2D eigenvalue weighted by Gasteiger charge is 2.27. The molecule has 1 aliphatic rings. The van der Waals surface area contributed by atoms with Crippen molar-refractivity contribution in [3.05, 3.63) is 0 Å². The Morgan fingerprint density at radius 3 is 2.65 bits per heavy atom. The second kappa shape index (κ2) is 8.60. The molecule has 0 aromatic carbocycles. The number of hydrogen-bond acceptors (Lipinski definition) is 5. The molecule has 1 N–H and O–H groups in total. The van der Waals surface area contributed by atoms with Crippen LogP contribution in [0.1, 0.15) is 33.6 Å². The van der Waals surface area contributed by atoms with Crippen molar-refractivity contribution in [3.63, 3.8) is 0 Å². The minimum atomic E-state index is -0.222. The van der Waals surface area contributed by atoms with E-state index in [1.54, 1.807) is 7.11 Å². The third kappa shape index (κ3) is 5.38. The van der Waals surface area contributed by atoms with E-state index >= 15 is 0 Å². The molecule has 0 spiro atoms. The predicted octanol–water partition coefficient (Wildman–Crippen LogP) is 1.27. The molecule has 20 heavy (non-hydrogen) atoms. The molecule has 1 fully saturated rings. The van der Waals surface area contributed by atoms with E-state index in [9.17, 15) is 4.79 Å². The third-order valence-electron chi connectivity index (χ3n) is 4.03. The molecule has 0 aliphatic carbocycles. The molecule has 0 aromatic rings. The summed E-state index contributed by atoms with van der Waals surface area (Å²) in [4.78, 5) is 14.1. The Kier molecular flexibility index (Phi) is 7.48. The van der Waals surface area contributed by atoms with Crippen LogP contribution in [-0.2, 0) is 14.3 Å². The number of carbonyl (C=O) groups excluding carboxylic acids is 1. The topological polar surface area (TPSA) is 50.8 Å². The van der Waals surface area contributed by atoms with E-state index < -0.39 is 0 Å². The van der Waals surface area contributed by atoms with Gasteiger partial charge < -0.3 is 19.7 Å². The minimum Gasteiger partial charge on any atom is -0.468 e. The zero-order valence-electron chi connectivity index (χ0n) is 13.5. The molecular weight excluding hydrogens is 256 g/mol. The minimum absolute atomic E-state index is 0.174. The van der Waals surface area contributed by atoms with Gasteiger partial charge in [0.05, 0.1) is 13.2 Å². The summed E-state index contributed by atoms with van der Waals surface area (Å²) in [6, 6.07) is 0.0487. The van der Waals surface area contributed by atoms with E-state index in [1.165, 1.54) is 7.11 Å². The number of esters is 1. The summed E-state index contributed by atoms with van der Waals surface area (Å²) in [6.07, 6.45) is 2.23. The number of carbonyl (C=O) groups is 1. The number of hydrogen-bond donors (Lipinski definition) is 1. The Morgan fingerprint density at radius 1 is 1.40 bits per heavy atom. The zero-order chi connectivity index (χ0) is 15.1. The molecule has 1 rings (SSSR count). The molecule has 0 bridgehead atoms. The molecule has 118 valence electrons. The van der Waals surface area contributed by atoms with Crippen LogP contribution in [0.3, 0.4) is 0 Å². The normalized spacial score (nSPS) is 25.7. The number of likely N-dealkylation sites (tertiary alicyclic amines) is 1. The third-order valence-corrected chi connectivity index (χ3v) is 4.03. The summed E-state index contributed by atoms with van der Waals surface area (Å²) in [5, 5.41) is 3.27. The highest BCUT2D eigenvalue weighted by molar-refractivity contribution is 5.75. The lowest BCUT2D eigenvalue weighted by Gasteiger charge is -2.36. The first kappa shape index (κ1) is 17.4. The van der Waals surface area contributed by atoms with E-state index in [0.717, 1.165) is 32.5 Å². The summed E-state index contributed by atoms with van der Waals surface area (Å²) in [5.74, 6) is 0.439. The van der Waals surface area contributed by atoms with Crippen LogP contribution in [0.2, 0.25) is 0 Å². The second-order valence-corrected chi connectivity index (χ2v) is 6.03. The highest BCUT2D eigenvalue weighted by atomic mass is 16.5. The fourth-order valence-corrected chi connectivity index (χ4v) is 2.73. The van der Waals surface area contributed by atoms with E-state index in [1.807, 2.05) is 13.8 Å². The van der Waals surface area contributed by atoms with Crippen LogP contribution >= 0.6 is 0 Å². The summed E-state index contributed by atoms with van der Waals surface area (Å²) in [5.41, 5.74) is 0. The van der Waals surface area contributed by atoms with Gasteiger partial charge in [-0.05, 0) is 25.3 Å². The lowest BCUT2D eigenvalue weighted by Crippen LogP contribution is -2.47. The Morgan fingerprint density at radius 2 is 2.10 bits per heavy atom. The number of methoxy groups -OCH3 is 2. The van der Waals surface area contributed by atoms with Gasteiger partial charge in [-0.3, -0.25) is 4.79 Å². The molecule has 0 saturated carbocycles. The molecule has 3 atom stereocenters. The van der Waals surface area contributed by atoms with Gasteiger partial charge in [0.15, 0.2) is 0 Å². The first-order valence-electron chi connectivity index (χ1n) is 7.57. The van der Waals surface area contributed by atoms with Crippen LogP contribution in [0, 0.1) is 5.92 Å². The van der Waals surface area contributed by atoms with Gasteiger partial charge in [-0.1, -0.05) is 20.8 Å². The van der Waals surface area contributed by atoms with E-state index in [4.69, 9.17) is 9.47 Å². The first-order valence-corrected chi connectivity index (χ1v) is 7.57.